The van der Waals surface area contributed by atoms with Crippen molar-refractivity contribution in [3.05, 3.63) is 94.6 Å². The standard InChI is InChI=1S/C29H28N2O2/c1-18(32)31-17-24-27(19-10-12-20(13-11-19)29(2,3)4)23-16-21(33-5)14-15-22(23)28(24)30-25-8-6-7-9-26(25)31/h6-16H,17H2,1-5H3. The van der Waals surface area contributed by atoms with Gasteiger partial charge in [-0.05, 0) is 58.0 Å². The molecule has 33 heavy (non-hydrogen) atoms. The van der Waals surface area contributed by atoms with Crippen LogP contribution in [0.15, 0.2) is 77.3 Å². The van der Waals surface area contributed by atoms with Crippen LogP contribution in [0.2, 0.25) is 0 Å². The number of rotatable bonds is 2. The number of ether oxygens (including phenoxy) is 1. The summed E-state index contributed by atoms with van der Waals surface area (Å²) in [5.74, 6) is 0.807. The largest absolute Gasteiger partial charge is 0.497 e. The molecule has 0 saturated carbocycles. The maximum atomic E-state index is 12.7. The van der Waals surface area contributed by atoms with Crippen molar-refractivity contribution in [1.29, 1.82) is 0 Å². The van der Waals surface area contributed by atoms with E-state index in [0.717, 1.165) is 50.7 Å². The Hall–Kier alpha value is -3.66. The van der Waals surface area contributed by atoms with E-state index in [9.17, 15) is 4.79 Å². The van der Waals surface area contributed by atoms with Crippen LogP contribution in [-0.2, 0) is 10.2 Å². The average molecular weight is 437 g/mol. The third-order valence-electron chi connectivity index (χ3n) is 6.48. The van der Waals surface area contributed by atoms with Gasteiger partial charge in [0.1, 0.15) is 5.75 Å². The van der Waals surface area contributed by atoms with Gasteiger partial charge in [-0.2, -0.15) is 0 Å². The molecule has 3 aromatic rings. The van der Waals surface area contributed by atoms with Gasteiger partial charge in [-0.1, -0.05) is 57.2 Å². The highest BCUT2D eigenvalue weighted by Gasteiger charge is 2.34. The van der Waals surface area contributed by atoms with Gasteiger partial charge in [0.05, 0.1) is 30.7 Å². The second-order valence-corrected chi connectivity index (χ2v) is 9.65. The van der Waals surface area contributed by atoms with Crippen LogP contribution in [0.3, 0.4) is 0 Å². The van der Waals surface area contributed by atoms with Gasteiger partial charge in [0, 0.05) is 18.1 Å². The van der Waals surface area contributed by atoms with Crippen molar-refractivity contribution in [2.45, 2.75) is 33.1 Å². The lowest BCUT2D eigenvalue weighted by Gasteiger charge is -2.22. The van der Waals surface area contributed by atoms with Crippen molar-refractivity contribution in [2.24, 2.45) is 4.99 Å². The molecule has 0 fully saturated rings. The number of benzene rings is 3. The molecule has 0 atom stereocenters. The Balaban J connectivity index is 1.77. The van der Waals surface area contributed by atoms with Gasteiger partial charge >= 0.3 is 0 Å². The van der Waals surface area contributed by atoms with Crippen molar-refractivity contribution in [2.75, 3.05) is 18.6 Å². The fourth-order valence-electron chi connectivity index (χ4n) is 4.69. The summed E-state index contributed by atoms with van der Waals surface area (Å²) in [7, 11) is 1.69. The van der Waals surface area contributed by atoms with Gasteiger partial charge in [-0.25, -0.2) is 4.99 Å². The fourth-order valence-corrected chi connectivity index (χ4v) is 4.69. The van der Waals surface area contributed by atoms with Crippen LogP contribution in [-0.4, -0.2) is 25.3 Å². The number of hydrogen-bond acceptors (Lipinski definition) is 3. The Labute approximate surface area is 195 Å². The molecule has 0 radical (unpaired) electrons. The fraction of sp³-hybridized carbons (Fsp3) is 0.241. The quantitative estimate of drug-likeness (QED) is 0.473. The summed E-state index contributed by atoms with van der Waals surface area (Å²) in [5, 5.41) is 0. The predicted octanol–water partition coefficient (Wildman–Crippen LogP) is 6.30. The molecule has 1 amide bonds. The number of amides is 1. The number of fused-ring (bicyclic) bond motifs is 4. The highest BCUT2D eigenvalue weighted by molar-refractivity contribution is 6.27. The summed E-state index contributed by atoms with van der Waals surface area (Å²) in [6.07, 6.45) is 0. The molecule has 166 valence electrons. The summed E-state index contributed by atoms with van der Waals surface area (Å²) in [6, 6.07) is 22.8. The molecule has 4 nitrogen and oxygen atoms in total. The molecule has 0 N–H and O–H groups in total. The normalized spacial score (nSPS) is 14.8. The third-order valence-corrected chi connectivity index (χ3v) is 6.48. The van der Waals surface area contributed by atoms with Crippen molar-refractivity contribution in [1.82, 2.24) is 0 Å². The van der Waals surface area contributed by atoms with Crippen molar-refractivity contribution >= 4 is 28.6 Å². The molecule has 2 aliphatic rings. The Morgan fingerprint density at radius 1 is 0.970 bits per heavy atom. The molecule has 1 aliphatic carbocycles. The zero-order chi connectivity index (χ0) is 23.3. The van der Waals surface area contributed by atoms with Gasteiger partial charge in [-0.3, -0.25) is 4.79 Å². The molecule has 1 heterocycles. The molecule has 0 bridgehead atoms. The average Bonchev–Trinajstić information content (AvgIpc) is 2.97. The van der Waals surface area contributed by atoms with E-state index in [1.54, 1.807) is 14.0 Å². The van der Waals surface area contributed by atoms with E-state index in [0.29, 0.717) is 6.54 Å². The van der Waals surface area contributed by atoms with Gasteiger partial charge in [0.2, 0.25) is 5.91 Å². The second kappa shape index (κ2) is 7.73. The molecule has 4 heteroatoms. The Bertz CT molecular complexity index is 1320. The van der Waals surface area contributed by atoms with Crippen LogP contribution in [0.4, 0.5) is 11.4 Å². The first-order valence-corrected chi connectivity index (χ1v) is 11.3. The predicted molar refractivity (Wildman–Crippen MR) is 135 cm³/mol. The van der Waals surface area contributed by atoms with Crippen LogP contribution in [0.1, 0.15) is 49.9 Å². The van der Waals surface area contributed by atoms with Crippen molar-refractivity contribution in [3.63, 3.8) is 0 Å². The number of carbonyl (C=O) groups is 1. The van der Waals surface area contributed by atoms with E-state index in [-0.39, 0.29) is 11.3 Å². The second-order valence-electron chi connectivity index (χ2n) is 9.65. The molecule has 0 saturated heterocycles. The van der Waals surface area contributed by atoms with E-state index >= 15 is 0 Å². The first-order valence-electron chi connectivity index (χ1n) is 11.3. The van der Waals surface area contributed by atoms with Crippen LogP contribution in [0, 0.1) is 0 Å². The summed E-state index contributed by atoms with van der Waals surface area (Å²) in [4.78, 5) is 19.6. The van der Waals surface area contributed by atoms with Gasteiger partial charge in [0.15, 0.2) is 0 Å². The maximum absolute atomic E-state index is 12.7. The molecule has 0 spiro atoms. The minimum atomic E-state index is 0.00219. The highest BCUT2D eigenvalue weighted by atomic mass is 16.5. The number of nitrogens with zero attached hydrogens (tertiary/aromatic N) is 2. The summed E-state index contributed by atoms with van der Waals surface area (Å²) >= 11 is 0. The van der Waals surface area contributed by atoms with Crippen molar-refractivity contribution in [3.8, 4) is 5.75 Å². The van der Waals surface area contributed by atoms with Gasteiger partial charge in [0.25, 0.3) is 0 Å². The number of methoxy groups -OCH3 is 1. The first-order chi connectivity index (χ1) is 15.8. The van der Waals surface area contributed by atoms with E-state index in [1.165, 1.54) is 5.56 Å². The first kappa shape index (κ1) is 21.2. The lowest BCUT2D eigenvalue weighted by atomic mass is 9.85. The molecule has 1 aliphatic heterocycles. The topological polar surface area (TPSA) is 41.9 Å². The van der Waals surface area contributed by atoms with Gasteiger partial charge in [-0.15, -0.1) is 0 Å². The van der Waals surface area contributed by atoms with Crippen LogP contribution >= 0.6 is 0 Å². The monoisotopic (exact) mass is 436 g/mol. The summed E-state index contributed by atoms with van der Waals surface area (Å²) < 4.78 is 5.55. The number of hydrogen-bond donors (Lipinski definition) is 0. The van der Waals surface area contributed by atoms with Crippen molar-refractivity contribution < 1.29 is 9.53 Å². The zero-order valence-electron chi connectivity index (χ0n) is 19.8. The molecular formula is C29H28N2O2. The molecule has 5 rings (SSSR count). The SMILES string of the molecule is COc1ccc2c(c1)C(c1ccc(C(C)(C)C)cc1)=C1CN(C(C)=O)c3ccccc3N=C12. The number of anilines is 1. The van der Waals surface area contributed by atoms with Crippen LogP contribution in [0.5, 0.6) is 5.75 Å². The highest BCUT2D eigenvalue weighted by Crippen LogP contribution is 2.44. The van der Waals surface area contributed by atoms with E-state index in [1.807, 2.05) is 35.2 Å². The maximum Gasteiger partial charge on any atom is 0.224 e. The molecule has 0 aromatic heterocycles. The smallest absolute Gasteiger partial charge is 0.224 e. The Morgan fingerprint density at radius 3 is 2.36 bits per heavy atom. The molecular weight excluding hydrogens is 408 g/mol. The Morgan fingerprint density at radius 2 is 1.70 bits per heavy atom. The zero-order valence-corrected chi connectivity index (χ0v) is 19.8. The lowest BCUT2D eigenvalue weighted by molar-refractivity contribution is -0.116. The number of carbonyl (C=O) groups excluding carboxylic acids is 1. The number of aliphatic imine (C=N–C) groups is 1. The van der Waals surface area contributed by atoms with E-state index < -0.39 is 0 Å². The minimum Gasteiger partial charge on any atom is -0.497 e. The minimum absolute atomic E-state index is 0.00219. The van der Waals surface area contributed by atoms with Crippen LogP contribution in [0.25, 0.3) is 5.57 Å². The molecule has 3 aromatic carbocycles. The van der Waals surface area contributed by atoms with Crippen LogP contribution < -0.4 is 9.64 Å². The third kappa shape index (κ3) is 3.56. The Kier molecular flexibility index (Phi) is 4.97. The number of para-hydroxylation sites is 2. The van der Waals surface area contributed by atoms with E-state index in [2.05, 4.69) is 57.2 Å². The summed E-state index contributed by atoms with van der Waals surface area (Å²) in [5.41, 5.74) is 9.40. The van der Waals surface area contributed by atoms with E-state index in [4.69, 9.17) is 9.73 Å². The lowest BCUT2D eigenvalue weighted by Crippen LogP contribution is -2.31. The summed E-state index contributed by atoms with van der Waals surface area (Å²) in [6.45, 7) is 8.75. The molecule has 0 unspecified atom stereocenters. The van der Waals surface area contributed by atoms with Gasteiger partial charge < -0.3 is 9.64 Å².